The lowest BCUT2D eigenvalue weighted by Crippen LogP contribution is -2.30. The van der Waals surface area contributed by atoms with Crippen LogP contribution in [0.2, 0.25) is 0 Å². The van der Waals surface area contributed by atoms with Gasteiger partial charge in [-0.2, -0.15) is 0 Å². The summed E-state index contributed by atoms with van der Waals surface area (Å²) in [6, 6.07) is 11.4. The molecule has 2 rings (SSSR count). The third-order valence-corrected chi connectivity index (χ3v) is 4.90. The van der Waals surface area contributed by atoms with Crippen LogP contribution >= 0.6 is 15.9 Å². The smallest absolute Gasteiger partial charge is 0.302 e. The van der Waals surface area contributed by atoms with Gasteiger partial charge in [0, 0.05) is 11.4 Å². The standard InChI is InChI=1S/C21H25BrFNO3/c1-15(25)27-14-16-13-18(22)7-10-20(16)21(26,11-4-12-24(2)3)17-5-8-19(23)9-6-17/h5-10,13,26H,4,11-12,14H2,1-3H3. The summed E-state index contributed by atoms with van der Waals surface area (Å²) in [5, 5.41) is 11.7. The predicted molar refractivity (Wildman–Crippen MR) is 107 cm³/mol. The van der Waals surface area contributed by atoms with E-state index < -0.39 is 5.60 Å². The molecule has 1 unspecified atom stereocenters. The first kappa shape index (κ1) is 21.5. The highest BCUT2D eigenvalue weighted by Gasteiger charge is 2.33. The summed E-state index contributed by atoms with van der Waals surface area (Å²) in [5.41, 5.74) is 0.641. The molecule has 0 saturated heterocycles. The summed E-state index contributed by atoms with van der Waals surface area (Å²) in [5.74, 6) is -0.746. The van der Waals surface area contributed by atoms with E-state index in [0.717, 1.165) is 17.4 Å². The van der Waals surface area contributed by atoms with Gasteiger partial charge in [0.05, 0.1) is 0 Å². The predicted octanol–water partition coefficient (Wildman–Crippen LogP) is 4.23. The monoisotopic (exact) mass is 437 g/mol. The molecule has 1 N–H and O–H groups in total. The zero-order chi connectivity index (χ0) is 20.0. The molecule has 0 saturated carbocycles. The van der Waals surface area contributed by atoms with Crippen LogP contribution in [-0.4, -0.2) is 36.6 Å². The van der Waals surface area contributed by atoms with Crippen molar-refractivity contribution in [2.24, 2.45) is 0 Å². The van der Waals surface area contributed by atoms with Crippen LogP contribution in [0.25, 0.3) is 0 Å². The van der Waals surface area contributed by atoms with Crippen LogP contribution in [0.4, 0.5) is 4.39 Å². The summed E-state index contributed by atoms with van der Waals surface area (Å²) in [4.78, 5) is 13.3. The summed E-state index contributed by atoms with van der Waals surface area (Å²) in [7, 11) is 3.95. The van der Waals surface area contributed by atoms with Crippen molar-refractivity contribution >= 4 is 21.9 Å². The first-order valence-corrected chi connectivity index (χ1v) is 9.57. The average molecular weight is 438 g/mol. The van der Waals surface area contributed by atoms with Crippen LogP contribution < -0.4 is 0 Å². The number of benzene rings is 2. The van der Waals surface area contributed by atoms with Crippen molar-refractivity contribution in [3.63, 3.8) is 0 Å². The maximum atomic E-state index is 13.4. The van der Waals surface area contributed by atoms with Crippen molar-refractivity contribution in [3.8, 4) is 0 Å². The van der Waals surface area contributed by atoms with Crippen LogP contribution in [0.1, 0.15) is 36.5 Å². The van der Waals surface area contributed by atoms with E-state index in [1.54, 1.807) is 12.1 Å². The Morgan fingerprint density at radius 1 is 1.22 bits per heavy atom. The molecule has 0 fully saturated rings. The van der Waals surface area contributed by atoms with Crippen LogP contribution in [-0.2, 0) is 21.7 Å². The highest BCUT2D eigenvalue weighted by atomic mass is 79.9. The second-order valence-electron chi connectivity index (χ2n) is 6.86. The molecule has 2 aromatic rings. The van der Waals surface area contributed by atoms with E-state index in [9.17, 15) is 14.3 Å². The normalized spacial score (nSPS) is 13.4. The number of carbonyl (C=O) groups is 1. The number of hydrogen-bond donors (Lipinski definition) is 1. The Kier molecular flexibility index (Phi) is 7.53. The van der Waals surface area contributed by atoms with Crippen molar-refractivity contribution in [1.82, 2.24) is 4.90 Å². The molecule has 146 valence electrons. The second kappa shape index (κ2) is 9.44. The number of ether oxygens (including phenoxy) is 1. The molecule has 27 heavy (non-hydrogen) atoms. The van der Waals surface area contributed by atoms with E-state index in [2.05, 4.69) is 15.9 Å². The molecular weight excluding hydrogens is 413 g/mol. The third kappa shape index (κ3) is 5.86. The Hall–Kier alpha value is -1.76. The van der Waals surface area contributed by atoms with E-state index >= 15 is 0 Å². The number of nitrogens with zero attached hydrogens (tertiary/aromatic N) is 1. The number of esters is 1. The van der Waals surface area contributed by atoms with E-state index in [4.69, 9.17) is 4.74 Å². The molecule has 1 atom stereocenters. The van der Waals surface area contributed by atoms with Gasteiger partial charge in [-0.1, -0.05) is 34.1 Å². The highest BCUT2D eigenvalue weighted by Crippen LogP contribution is 2.37. The molecule has 0 aromatic heterocycles. The number of halogens is 2. The van der Waals surface area contributed by atoms with Crippen molar-refractivity contribution in [2.45, 2.75) is 32.0 Å². The lowest BCUT2D eigenvalue weighted by Gasteiger charge is -2.32. The Bertz CT molecular complexity index is 779. The Morgan fingerprint density at radius 2 is 1.89 bits per heavy atom. The molecule has 0 amide bonds. The van der Waals surface area contributed by atoms with Crippen LogP contribution in [0.3, 0.4) is 0 Å². The summed E-state index contributed by atoms with van der Waals surface area (Å²) in [6.07, 6.45) is 1.19. The molecule has 0 aliphatic rings. The molecule has 0 radical (unpaired) electrons. The van der Waals surface area contributed by atoms with Crippen LogP contribution in [0, 0.1) is 5.82 Å². The molecule has 2 aromatic carbocycles. The lowest BCUT2D eigenvalue weighted by atomic mass is 9.80. The number of carbonyl (C=O) groups excluding carboxylic acids is 1. The zero-order valence-corrected chi connectivity index (χ0v) is 17.4. The van der Waals surface area contributed by atoms with Gasteiger partial charge in [-0.25, -0.2) is 4.39 Å². The largest absolute Gasteiger partial charge is 0.461 e. The lowest BCUT2D eigenvalue weighted by molar-refractivity contribution is -0.142. The number of hydrogen-bond acceptors (Lipinski definition) is 4. The highest BCUT2D eigenvalue weighted by molar-refractivity contribution is 9.10. The fourth-order valence-electron chi connectivity index (χ4n) is 3.08. The molecule has 0 aliphatic carbocycles. The summed E-state index contributed by atoms with van der Waals surface area (Å²) < 4.78 is 19.4. The second-order valence-corrected chi connectivity index (χ2v) is 7.77. The Balaban J connectivity index is 2.49. The molecular formula is C21H25BrFNO3. The molecule has 0 heterocycles. The minimum Gasteiger partial charge on any atom is -0.461 e. The maximum absolute atomic E-state index is 13.4. The molecule has 6 heteroatoms. The van der Waals surface area contributed by atoms with Gasteiger partial charge in [0.25, 0.3) is 0 Å². The molecule has 4 nitrogen and oxygen atoms in total. The maximum Gasteiger partial charge on any atom is 0.302 e. The summed E-state index contributed by atoms with van der Waals surface area (Å²) >= 11 is 3.43. The van der Waals surface area contributed by atoms with Gasteiger partial charge >= 0.3 is 5.97 Å². The van der Waals surface area contributed by atoms with Gasteiger partial charge in [0.1, 0.15) is 18.0 Å². The van der Waals surface area contributed by atoms with E-state index in [-0.39, 0.29) is 18.4 Å². The van der Waals surface area contributed by atoms with Crippen molar-refractivity contribution in [1.29, 1.82) is 0 Å². The Labute approximate surface area is 168 Å². The van der Waals surface area contributed by atoms with Crippen molar-refractivity contribution < 1.29 is 19.0 Å². The fourth-order valence-corrected chi connectivity index (χ4v) is 3.48. The minimum absolute atomic E-state index is 0.0568. The van der Waals surface area contributed by atoms with Crippen LogP contribution in [0.5, 0.6) is 0 Å². The Morgan fingerprint density at radius 3 is 2.48 bits per heavy atom. The van der Waals surface area contributed by atoms with Gasteiger partial charge in [-0.3, -0.25) is 4.79 Å². The first-order chi connectivity index (χ1) is 12.7. The first-order valence-electron chi connectivity index (χ1n) is 8.78. The topological polar surface area (TPSA) is 49.8 Å². The fraction of sp³-hybridized carbons (Fsp3) is 0.381. The van der Waals surface area contributed by atoms with Crippen LogP contribution in [0.15, 0.2) is 46.9 Å². The van der Waals surface area contributed by atoms with Gasteiger partial charge in [0.2, 0.25) is 0 Å². The molecule has 0 spiro atoms. The molecule has 0 aliphatic heterocycles. The van der Waals surface area contributed by atoms with Gasteiger partial charge in [0.15, 0.2) is 0 Å². The zero-order valence-electron chi connectivity index (χ0n) is 15.8. The minimum atomic E-state index is -1.32. The average Bonchev–Trinajstić information content (AvgIpc) is 2.60. The quantitative estimate of drug-likeness (QED) is 0.627. The van der Waals surface area contributed by atoms with Gasteiger partial charge in [-0.05, 0) is 74.4 Å². The van der Waals surface area contributed by atoms with E-state index in [0.29, 0.717) is 23.1 Å². The SMILES string of the molecule is CC(=O)OCc1cc(Br)ccc1C(O)(CCCN(C)C)c1ccc(F)cc1. The van der Waals surface area contributed by atoms with Crippen molar-refractivity contribution in [2.75, 3.05) is 20.6 Å². The molecule has 0 bridgehead atoms. The third-order valence-electron chi connectivity index (χ3n) is 4.41. The summed E-state index contributed by atoms with van der Waals surface area (Å²) in [6.45, 7) is 2.21. The van der Waals surface area contributed by atoms with E-state index in [1.165, 1.54) is 19.1 Å². The van der Waals surface area contributed by atoms with Gasteiger partial charge in [-0.15, -0.1) is 0 Å². The van der Waals surface area contributed by atoms with Gasteiger partial charge < -0.3 is 14.7 Å². The van der Waals surface area contributed by atoms with Crippen molar-refractivity contribution in [3.05, 3.63) is 69.4 Å². The van der Waals surface area contributed by atoms with E-state index in [1.807, 2.05) is 37.2 Å². The number of aliphatic hydroxyl groups is 1. The number of rotatable bonds is 8.